The molecule has 0 spiro atoms. The molecule has 1 aliphatic rings. The van der Waals surface area contributed by atoms with E-state index in [1.54, 1.807) is 0 Å². The molecule has 1 saturated heterocycles. The number of amides is 1. The maximum Gasteiger partial charge on any atom is 0.337 e. The number of benzene rings is 1. The molecule has 1 heterocycles. The zero-order chi connectivity index (χ0) is 14.2. The maximum atomic E-state index is 11.8. The summed E-state index contributed by atoms with van der Waals surface area (Å²) in [6.45, 7) is -0.0317. The van der Waals surface area contributed by atoms with Crippen molar-refractivity contribution in [3.8, 4) is 0 Å². The molecular formula is C12H10ClNO5. The average Bonchev–Trinajstić information content (AvgIpc) is 2.71. The van der Waals surface area contributed by atoms with Crippen molar-refractivity contribution in [1.29, 1.82) is 0 Å². The van der Waals surface area contributed by atoms with Crippen LogP contribution in [0, 0.1) is 5.92 Å². The van der Waals surface area contributed by atoms with Gasteiger partial charge in [0, 0.05) is 18.0 Å². The van der Waals surface area contributed by atoms with Gasteiger partial charge >= 0.3 is 11.9 Å². The Morgan fingerprint density at radius 3 is 2.53 bits per heavy atom. The lowest BCUT2D eigenvalue weighted by Gasteiger charge is -2.18. The Morgan fingerprint density at radius 2 is 2.00 bits per heavy atom. The molecule has 0 bridgehead atoms. The summed E-state index contributed by atoms with van der Waals surface area (Å²) in [7, 11) is 0. The fourth-order valence-electron chi connectivity index (χ4n) is 2.02. The van der Waals surface area contributed by atoms with Crippen molar-refractivity contribution >= 4 is 35.1 Å². The van der Waals surface area contributed by atoms with Crippen LogP contribution in [-0.4, -0.2) is 34.6 Å². The van der Waals surface area contributed by atoms with E-state index in [4.69, 9.17) is 21.8 Å². The third-order valence-corrected chi connectivity index (χ3v) is 3.19. The summed E-state index contributed by atoms with van der Waals surface area (Å²) in [6.07, 6.45) is -0.128. The van der Waals surface area contributed by atoms with Crippen LogP contribution in [-0.2, 0) is 9.59 Å². The van der Waals surface area contributed by atoms with Gasteiger partial charge in [0.1, 0.15) is 0 Å². The number of anilines is 1. The summed E-state index contributed by atoms with van der Waals surface area (Å²) in [5, 5.41) is 18.2. The van der Waals surface area contributed by atoms with Gasteiger partial charge in [0.2, 0.25) is 5.91 Å². The number of aromatic carboxylic acids is 1. The van der Waals surface area contributed by atoms with Gasteiger partial charge < -0.3 is 15.1 Å². The van der Waals surface area contributed by atoms with Gasteiger partial charge in [-0.15, -0.1) is 0 Å². The van der Waals surface area contributed by atoms with E-state index in [0.29, 0.717) is 0 Å². The van der Waals surface area contributed by atoms with Crippen molar-refractivity contribution in [2.45, 2.75) is 6.42 Å². The molecule has 2 N–H and O–H groups in total. The normalized spacial score (nSPS) is 18.7. The van der Waals surface area contributed by atoms with Crippen molar-refractivity contribution in [3.63, 3.8) is 0 Å². The number of rotatable bonds is 3. The summed E-state index contributed by atoms with van der Waals surface area (Å²) in [4.78, 5) is 35.0. The van der Waals surface area contributed by atoms with Crippen LogP contribution in [0.1, 0.15) is 16.8 Å². The van der Waals surface area contributed by atoms with E-state index in [-0.39, 0.29) is 29.2 Å². The quantitative estimate of drug-likeness (QED) is 0.876. The first-order chi connectivity index (χ1) is 8.90. The van der Waals surface area contributed by atoms with E-state index in [0.717, 1.165) is 0 Å². The minimum atomic E-state index is -1.22. The standard InChI is InChI=1S/C12H10ClNO5/c13-7-1-2-9(8(4-7)12(18)19)14-5-6(11(16)17)3-10(14)15/h1-2,4,6H,3,5H2,(H,16,17)(H,18,19). The second-order valence-corrected chi connectivity index (χ2v) is 4.65. The van der Waals surface area contributed by atoms with Crippen LogP contribution < -0.4 is 4.90 Å². The highest BCUT2D eigenvalue weighted by Crippen LogP contribution is 2.30. The summed E-state index contributed by atoms with van der Waals surface area (Å²) in [5.74, 6) is -3.51. The van der Waals surface area contributed by atoms with Gasteiger partial charge in [-0.2, -0.15) is 0 Å². The first-order valence-electron chi connectivity index (χ1n) is 5.46. The van der Waals surface area contributed by atoms with Crippen LogP contribution in [0.3, 0.4) is 0 Å². The Hall–Kier alpha value is -2.08. The summed E-state index contributed by atoms with van der Waals surface area (Å²) in [6, 6.07) is 4.11. The van der Waals surface area contributed by atoms with E-state index in [1.165, 1.54) is 23.1 Å². The Labute approximate surface area is 113 Å². The van der Waals surface area contributed by atoms with E-state index in [2.05, 4.69) is 0 Å². The van der Waals surface area contributed by atoms with Crippen LogP contribution in [0.2, 0.25) is 5.02 Å². The zero-order valence-corrected chi connectivity index (χ0v) is 10.4. The number of hydrogen-bond donors (Lipinski definition) is 2. The maximum absolute atomic E-state index is 11.8. The van der Waals surface area contributed by atoms with Crippen LogP contribution in [0.25, 0.3) is 0 Å². The fourth-order valence-corrected chi connectivity index (χ4v) is 2.19. The largest absolute Gasteiger partial charge is 0.481 e. The lowest BCUT2D eigenvalue weighted by Crippen LogP contribution is -2.27. The number of carboxylic acids is 2. The molecule has 6 nitrogen and oxygen atoms in total. The molecule has 1 aromatic rings. The molecule has 0 aromatic heterocycles. The van der Waals surface area contributed by atoms with Crippen molar-refractivity contribution in [3.05, 3.63) is 28.8 Å². The molecule has 1 atom stereocenters. The molecule has 1 aliphatic heterocycles. The summed E-state index contributed by atoms with van der Waals surface area (Å²) >= 11 is 5.72. The van der Waals surface area contributed by atoms with Gasteiger partial charge in [-0.05, 0) is 18.2 Å². The first-order valence-corrected chi connectivity index (χ1v) is 5.84. The average molecular weight is 284 g/mol. The highest BCUT2D eigenvalue weighted by Gasteiger charge is 2.36. The molecular weight excluding hydrogens is 274 g/mol. The number of carboxylic acid groups (broad SMARTS) is 2. The SMILES string of the molecule is O=C(O)c1cc(Cl)ccc1N1CC(C(=O)O)CC1=O. The molecule has 1 aromatic carbocycles. The lowest BCUT2D eigenvalue weighted by atomic mass is 10.1. The lowest BCUT2D eigenvalue weighted by molar-refractivity contribution is -0.141. The molecule has 2 rings (SSSR count). The number of carbonyl (C=O) groups excluding carboxylic acids is 1. The molecule has 19 heavy (non-hydrogen) atoms. The van der Waals surface area contributed by atoms with Gasteiger partial charge in [0.05, 0.1) is 17.2 Å². The highest BCUT2D eigenvalue weighted by atomic mass is 35.5. The molecule has 100 valence electrons. The predicted molar refractivity (Wildman–Crippen MR) is 66.5 cm³/mol. The second-order valence-electron chi connectivity index (χ2n) is 4.21. The van der Waals surface area contributed by atoms with Crippen LogP contribution in [0.5, 0.6) is 0 Å². The van der Waals surface area contributed by atoms with E-state index < -0.39 is 23.8 Å². The van der Waals surface area contributed by atoms with Gasteiger partial charge in [-0.1, -0.05) is 11.6 Å². The first kappa shape index (κ1) is 13.4. The van der Waals surface area contributed by atoms with Gasteiger partial charge in [0.15, 0.2) is 0 Å². The monoisotopic (exact) mass is 283 g/mol. The molecule has 0 saturated carbocycles. The van der Waals surface area contributed by atoms with Gasteiger partial charge in [0.25, 0.3) is 0 Å². The molecule has 0 aliphatic carbocycles. The Morgan fingerprint density at radius 1 is 1.32 bits per heavy atom. The van der Waals surface area contributed by atoms with Crippen molar-refractivity contribution in [2.75, 3.05) is 11.4 Å². The minimum Gasteiger partial charge on any atom is -0.481 e. The van der Waals surface area contributed by atoms with Crippen LogP contribution >= 0.6 is 11.6 Å². The molecule has 1 amide bonds. The van der Waals surface area contributed by atoms with E-state index in [1.807, 2.05) is 0 Å². The van der Waals surface area contributed by atoms with Gasteiger partial charge in [-0.3, -0.25) is 9.59 Å². The Bertz CT molecular complexity index is 571. The Kier molecular flexibility index (Phi) is 3.44. The number of aliphatic carboxylic acids is 1. The summed E-state index contributed by atoms with van der Waals surface area (Å²) < 4.78 is 0. The second kappa shape index (κ2) is 4.89. The smallest absolute Gasteiger partial charge is 0.337 e. The van der Waals surface area contributed by atoms with Crippen LogP contribution in [0.4, 0.5) is 5.69 Å². The number of nitrogens with zero attached hydrogens (tertiary/aromatic N) is 1. The van der Waals surface area contributed by atoms with Crippen LogP contribution in [0.15, 0.2) is 18.2 Å². The minimum absolute atomic E-state index is 0.0317. The number of halogens is 1. The van der Waals surface area contributed by atoms with Gasteiger partial charge in [-0.25, -0.2) is 4.79 Å². The molecule has 7 heteroatoms. The van der Waals surface area contributed by atoms with Crippen molar-refractivity contribution < 1.29 is 24.6 Å². The molecule has 1 fully saturated rings. The number of carbonyl (C=O) groups is 3. The third-order valence-electron chi connectivity index (χ3n) is 2.95. The van der Waals surface area contributed by atoms with E-state index in [9.17, 15) is 14.4 Å². The predicted octanol–water partition coefficient (Wildman–Crippen LogP) is 1.48. The van der Waals surface area contributed by atoms with Crippen molar-refractivity contribution in [1.82, 2.24) is 0 Å². The fraction of sp³-hybridized carbons (Fsp3) is 0.250. The molecule has 1 unspecified atom stereocenters. The van der Waals surface area contributed by atoms with E-state index >= 15 is 0 Å². The highest BCUT2D eigenvalue weighted by molar-refractivity contribution is 6.31. The number of hydrogen-bond acceptors (Lipinski definition) is 3. The Balaban J connectivity index is 2.40. The summed E-state index contributed by atoms with van der Waals surface area (Å²) in [5.41, 5.74) is 0.0533. The zero-order valence-electron chi connectivity index (χ0n) is 9.67. The van der Waals surface area contributed by atoms with Crippen molar-refractivity contribution in [2.24, 2.45) is 5.92 Å². The topological polar surface area (TPSA) is 94.9 Å². The third kappa shape index (κ3) is 2.53. The molecule has 0 radical (unpaired) electrons.